The second-order valence-corrected chi connectivity index (χ2v) is 7.01. The molecule has 2 heterocycles. The summed E-state index contributed by atoms with van der Waals surface area (Å²) in [6, 6.07) is 0. The Kier molecular flexibility index (Phi) is 7.15. The van der Waals surface area contributed by atoms with Crippen molar-refractivity contribution in [3.05, 3.63) is 0 Å². The minimum Gasteiger partial charge on any atom is -0.359 e. The zero-order valence-electron chi connectivity index (χ0n) is 15.0. The van der Waals surface area contributed by atoms with Gasteiger partial charge < -0.3 is 20.4 Å². The summed E-state index contributed by atoms with van der Waals surface area (Å²) in [6.45, 7) is 5.40. The van der Waals surface area contributed by atoms with Crippen LogP contribution in [-0.2, 0) is 4.79 Å². The molecule has 2 saturated heterocycles. The van der Waals surface area contributed by atoms with E-state index in [-0.39, 0.29) is 5.91 Å². The summed E-state index contributed by atoms with van der Waals surface area (Å²) in [5, 5.41) is 6.29. The highest BCUT2D eigenvalue weighted by Crippen LogP contribution is 2.20. The van der Waals surface area contributed by atoms with Crippen LogP contribution in [0.4, 0.5) is 0 Å². The van der Waals surface area contributed by atoms with Crippen LogP contribution in [0.5, 0.6) is 0 Å². The molecule has 1 atom stereocenters. The van der Waals surface area contributed by atoms with Gasteiger partial charge in [-0.3, -0.25) is 9.79 Å². The van der Waals surface area contributed by atoms with E-state index >= 15 is 0 Å². The average Bonchev–Trinajstić information content (AvgIpc) is 2.56. The minimum atomic E-state index is 0.160. The molecule has 1 amide bonds. The molecule has 2 rings (SSSR count). The maximum atomic E-state index is 11.5. The molecule has 0 aromatic rings. The fourth-order valence-corrected chi connectivity index (χ4v) is 3.72. The molecule has 2 aliphatic heterocycles. The van der Waals surface area contributed by atoms with Crippen molar-refractivity contribution in [2.75, 3.05) is 53.9 Å². The van der Waals surface area contributed by atoms with Gasteiger partial charge in [-0.05, 0) is 51.1 Å². The smallest absolute Gasteiger partial charge is 0.220 e. The summed E-state index contributed by atoms with van der Waals surface area (Å²) in [4.78, 5) is 20.7. The lowest BCUT2D eigenvalue weighted by Gasteiger charge is -2.35. The topological polar surface area (TPSA) is 60.0 Å². The van der Waals surface area contributed by atoms with Crippen molar-refractivity contribution in [1.29, 1.82) is 0 Å². The average molecular weight is 323 g/mol. The molecule has 1 unspecified atom stereocenters. The van der Waals surface area contributed by atoms with Crippen molar-refractivity contribution in [2.24, 2.45) is 16.8 Å². The van der Waals surface area contributed by atoms with Gasteiger partial charge in [0.2, 0.25) is 5.91 Å². The third kappa shape index (κ3) is 5.68. The Bertz CT molecular complexity index is 404. The molecular weight excluding hydrogens is 290 g/mol. The number of carbonyl (C=O) groups is 1. The lowest BCUT2D eigenvalue weighted by atomic mass is 9.93. The summed E-state index contributed by atoms with van der Waals surface area (Å²) >= 11 is 0. The maximum absolute atomic E-state index is 11.5. The standard InChI is InChI=1S/C17H33N5O/c1-18-16(23)11-14-6-9-22(10-7-14)17(19-2)20-12-15-5-4-8-21(3)13-15/h14-15H,4-13H2,1-3H3,(H,18,23)(H,19,20). The molecule has 132 valence electrons. The number of amides is 1. The Morgan fingerprint density at radius 1 is 1.17 bits per heavy atom. The van der Waals surface area contributed by atoms with Gasteiger partial charge in [-0.25, -0.2) is 0 Å². The highest BCUT2D eigenvalue weighted by molar-refractivity contribution is 5.80. The summed E-state index contributed by atoms with van der Waals surface area (Å²) < 4.78 is 0. The molecule has 23 heavy (non-hydrogen) atoms. The molecule has 0 bridgehead atoms. The Morgan fingerprint density at radius 3 is 2.52 bits per heavy atom. The highest BCUT2D eigenvalue weighted by Gasteiger charge is 2.24. The molecule has 6 nitrogen and oxygen atoms in total. The van der Waals surface area contributed by atoms with E-state index in [2.05, 4.69) is 32.5 Å². The van der Waals surface area contributed by atoms with Crippen LogP contribution >= 0.6 is 0 Å². The number of nitrogens with zero attached hydrogens (tertiary/aromatic N) is 3. The first-order valence-corrected chi connectivity index (χ1v) is 8.97. The summed E-state index contributed by atoms with van der Waals surface area (Å²) in [7, 11) is 5.79. The van der Waals surface area contributed by atoms with Crippen molar-refractivity contribution >= 4 is 11.9 Å². The van der Waals surface area contributed by atoms with E-state index in [1.807, 2.05) is 7.05 Å². The van der Waals surface area contributed by atoms with Gasteiger partial charge in [-0.15, -0.1) is 0 Å². The van der Waals surface area contributed by atoms with E-state index in [1.165, 1.54) is 25.9 Å². The van der Waals surface area contributed by atoms with Crippen LogP contribution in [0.2, 0.25) is 0 Å². The van der Waals surface area contributed by atoms with Gasteiger partial charge in [0, 0.05) is 46.7 Å². The van der Waals surface area contributed by atoms with E-state index in [9.17, 15) is 4.79 Å². The van der Waals surface area contributed by atoms with Crippen molar-refractivity contribution in [3.8, 4) is 0 Å². The number of carbonyl (C=O) groups excluding carboxylic acids is 1. The van der Waals surface area contributed by atoms with Gasteiger partial charge in [-0.2, -0.15) is 0 Å². The summed E-state index contributed by atoms with van der Waals surface area (Å²) in [5.41, 5.74) is 0. The predicted molar refractivity (Wildman–Crippen MR) is 94.6 cm³/mol. The van der Waals surface area contributed by atoms with Crippen LogP contribution < -0.4 is 10.6 Å². The molecule has 2 aliphatic rings. The van der Waals surface area contributed by atoms with Gasteiger partial charge in [0.05, 0.1) is 0 Å². The monoisotopic (exact) mass is 323 g/mol. The molecule has 0 aliphatic carbocycles. The van der Waals surface area contributed by atoms with Gasteiger partial charge in [-0.1, -0.05) is 0 Å². The summed E-state index contributed by atoms with van der Waals surface area (Å²) in [5.74, 6) is 2.41. The molecular formula is C17H33N5O. The molecule has 0 radical (unpaired) electrons. The lowest BCUT2D eigenvalue weighted by Crippen LogP contribution is -2.48. The fraction of sp³-hybridized carbons (Fsp3) is 0.882. The largest absolute Gasteiger partial charge is 0.359 e. The van der Waals surface area contributed by atoms with E-state index in [1.54, 1.807) is 7.05 Å². The first-order valence-electron chi connectivity index (χ1n) is 8.97. The van der Waals surface area contributed by atoms with Crippen LogP contribution in [0.25, 0.3) is 0 Å². The quantitative estimate of drug-likeness (QED) is 0.592. The Labute approximate surface area is 140 Å². The fourth-order valence-electron chi connectivity index (χ4n) is 3.72. The lowest BCUT2D eigenvalue weighted by molar-refractivity contribution is -0.121. The predicted octanol–water partition coefficient (Wildman–Crippen LogP) is 0.752. The zero-order valence-corrected chi connectivity index (χ0v) is 15.0. The van der Waals surface area contributed by atoms with E-state index in [0.29, 0.717) is 12.3 Å². The van der Waals surface area contributed by atoms with Gasteiger partial charge in [0.15, 0.2) is 5.96 Å². The number of hydrogen-bond donors (Lipinski definition) is 2. The van der Waals surface area contributed by atoms with E-state index < -0.39 is 0 Å². The van der Waals surface area contributed by atoms with Crippen LogP contribution in [0, 0.1) is 11.8 Å². The number of rotatable bonds is 4. The normalized spacial score (nSPS) is 24.6. The molecule has 2 N–H and O–H groups in total. The van der Waals surface area contributed by atoms with Crippen LogP contribution in [0.15, 0.2) is 4.99 Å². The first-order chi connectivity index (χ1) is 11.1. The minimum absolute atomic E-state index is 0.160. The van der Waals surface area contributed by atoms with Crippen LogP contribution in [0.1, 0.15) is 32.1 Å². The van der Waals surface area contributed by atoms with Crippen LogP contribution in [0.3, 0.4) is 0 Å². The molecule has 0 spiro atoms. The van der Waals surface area contributed by atoms with E-state index in [4.69, 9.17) is 0 Å². The number of likely N-dealkylation sites (tertiary alicyclic amines) is 2. The SMILES string of the molecule is CN=C(NCC1CCCN(C)C1)N1CCC(CC(=O)NC)CC1. The second kappa shape index (κ2) is 9.11. The molecule has 0 saturated carbocycles. The highest BCUT2D eigenvalue weighted by atomic mass is 16.1. The third-order valence-electron chi connectivity index (χ3n) is 5.15. The summed E-state index contributed by atoms with van der Waals surface area (Å²) in [6.07, 6.45) is 5.40. The molecule has 0 aromatic carbocycles. The van der Waals surface area contributed by atoms with Crippen molar-refractivity contribution in [1.82, 2.24) is 20.4 Å². The number of piperidine rings is 2. The van der Waals surface area contributed by atoms with Crippen LogP contribution in [-0.4, -0.2) is 75.5 Å². The van der Waals surface area contributed by atoms with Gasteiger partial charge >= 0.3 is 0 Å². The van der Waals surface area contributed by atoms with Crippen molar-refractivity contribution in [2.45, 2.75) is 32.1 Å². The number of hydrogen-bond acceptors (Lipinski definition) is 3. The maximum Gasteiger partial charge on any atom is 0.220 e. The zero-order chi connectivity index (χ0) is 16.7. The third-order valence-corrected chi connectivity index (χ3v) is 5.15. The Balaban J connectivity index is 1.73. The second-order valence-electron chi connectivity index (χ2n) is 7.01. The molecule has 0 aromatic heterocycles. The number of guanidine groups is 1. The molecule has 2 fully saturated rings. The van der Waals surface area contributed by atoms with Gasteiger partial charge in [0.1, 0.15) is 0 Å². The van der Waals surface area contributed by atoms with E-state index in [0.717, 1.165) is 44.4 Å². The van der Waals surface area contributed by atoms with Crippen molar-refractivity contribution < 1.29 is 4.79 Å². The first kappa shape index (κ1) is 18.0. The van der Waals surface area contributed by atoms with Crippen molar-refractivity contribution in [3.63, 3.8) is 0 Å². The Morgan fingerprint density at radius 2 is 1.91 bits per heavy atom. The van der Waals surface area contributed by atoms with Gasteiger partial charge in [0.25, 0.3) is 0 Å². The molecule has 6 heteroatoms. The number of nitrogens with one attached hydrogen (secondary N) is 2. The number of aliphatic imine (C=N–C) groups is 1. The Hall–Kier alpha value is -1.30.